The van der Waals surface area contributed by atoms with Crippen LogP contribution in [0.5, 0.6) is 0 Å². The first-order chi connectivity index (χ1) is 7.05. The fraction of sp³-hybridized carbons (Fsp3) is 0.909. The van der Waals surface area contributed by atoms with Gasteiger partial charge in [-0.1, -0.05) is 13.8 Å². The van der Waals surface area contributed by atoms with E-state index in [0.717, 1.165) is 12.8 Å². The third-order valence-corrected chi connectivity index (χ3v) is 2.92. The van der Waals surface area contributed by atoms with Gasteiger partial charge in [-0.2, -0.15) is 0 Å². The van der Waals surface area contributed by atoms with Gasteiger partial charge in [0, 0.05) is 13.2 Å². The second-order valence-electron chi connectivity index (χ2n) is 3.78. The lowest BCUT2D eigenvalue weighted by molar-refractivity contribution is -0.133. The normalized spacial score (nSPS) is 12.8. The number of rotatable bonds is 7. The summed E-state index contributed by atoms with van der Waals surface area (Å²) in [6.45, 7) is 8.70. The van der Waals surface area contributed by atoms with E-state index < -0.39 is 6.10 Å². The third kappa shape index (κ3) is 5.14. The van der Waals surface area contributed by atoms with Crippen LogP contribution in [0.1, 0.15) is 40.5 Å². The number of hydrogen-bond acceptors (Lipinski definition) is 3. The quantitative estimate of drug-likeness (QED) is 0.721. The highest BCUT2D eigenvalue weighted by Crippen LogP contribution is 2.13. The first kappa shape index (κ1) is 18.1. The number of nitrogens with one attached hydrogen (secondary N) is 1. The SMILES string of the molecule is CCOC(C)C(=O)NC(CC)(CC)CN.Cl. The second-order valence-corrected chi connectivity index (χ2v) is 3.78. The van der Waals surface area contributed by atoms with E-state index in [4.69, 9.17) is 10.5 Å². The van der Waals surface area contributed by atoms with Gasteiger partial charge in [0.15, 0.2) is 0 Å². The Bertz CT molecular complexity index is 188. The fourth-order valence-electron chi connectivity index (χ4n) is 1.46. The number of amides is 1. The zero-order valence-electron chi connectivity index (χ0n) is 10.7. The summed E-state index contributed by atoms with van der Waals surface area (Å²) in [4.78, 5) is 11.7. The van der Waals surface area contributed by atoms with Gasteiger partial charge in [0.2, 0.25) is 5.91 Å². The van der Waals surface area contributed by atoms with Gasteiger partial charge in [-0.15, -0.1) is 12.4 Å². The van der Waals surface area contributed by atoms with Crippen LogP contribution in [0, 0.1) is 0 Å². The minimum Gasteiger partial charge on any atom is -0.369 e. The Morgan fingerprint density at radius 2 is 1.88 bits per heavy atom. The van der Waals surface area contributed by atoms with Crippen LogP contribution < -0.4 is 11.1 Å². The molecule has 0 aliphatic heterocycles. The molecular weight excluding hydrogens is 228 g/mol. The summed E-state index contributed by atoms with van der Waals surface area (Å²) in [6, 6.07) is 0. The maximum Gasteiger partial charge on any atom is 0.249 e. The maximum absolute atomic E-state index is 11.7. The maximum atomic E-state index is 11.7. The van der Waals surface area contributed by atoms with Crippen molar-refractivity contribution < 1.29 is 9.53 Å². The lowest BCUT2D eigenvalue weighted by atomic mass is 9.92. The summed E-state index contributed by atoms with van der Waals surface area (Å²) in [6.07, 6.45) is 1.27. The Kier molecular flexibility index (Phi) is 9.92. The van der Waals surface area contributed by atoms with Gasteiger partial charge in [-0.25, -0.2) is 0 Å². The molecule has 0 aromatic carbocycles. The zero-order valence-corrected chi connectivity index (χ0v) is 11.5. The number of ether oxygens (including phenoxy) is 1. The highest BCUT2D eigenvalue weighted by molar-refractivity contribution is 5.85. The van der Waals surface area contributed by atoms with Crippen molar-refractivity contribution in [3.05, 3.63) is 0 Å². The van der Waals surface area contributed by atoms with Gasteiger partial charge in [-0.05, 0) is 26.7 Å². The van der Waals surface area contributed by atoms with Crippen molar-refractivity contribution in [3.63, 3.8) is 0 Å². The first-order valence-electron chi connectivity index (χ1n) is 5.68. The molecule has 0 spiro atoms. The molecule has 0 saturated heterocycles. The fourth-order valence-corrected chi connectivity index (χ4v) is 1.46. The molecular formula is C11H25ClN2O2. The van der Waals surface area contributed by atoms with Gasteiger partial charge >= 0.3 is 0 Å². The van der Waals surface area contributed by atoms with Crippen molar-refractivity contribution in [2.75, 3.05) is 13.2 Å². The lowest BCUT2D eigenvalue weighted by Gasteiger charge is -2.32. The minimum absolute atomic E-state index is 0. The molecule has 0 bridgehead atoms. The van der Waals surface area contributed by atoms with Gasteiger partial charge < -0.3 is 15.8 Å². The van der Waals surface area contributed by atoms with Crippen molar-refractivity contribution >= 4 is 18.3 Å². The molecule has 0 heterocycles. The van der Waals surface area contributed by atoms with E-state index >= 15 is 0 Å². The number of nitrogens with two attached hydrogens (primary N) is 1. The highest BCUT2D eigenvalue weighted by atomic mass is 35.5. The Morgan fingerprint density at radius 3 is 2.19 bits per heavy atom. The molecule has 5 heteroatoms. The number of carbonyl (C=O) groups excluding carboxylic acids is 1. The summed E-state index contributed by atoms with van der Waals surface area (Å²) in [7, 11) is 0. The molecule has 3 N–H and O–H groups in total. The molecule has 98 valence electrons. The molecule has 16 heavy (non-hydrogen) atoms. The molecule has 0 radical (unpaired) electrons. The van der Waals surface area contributed by atoms with E-state index in [1.807, 2.05) is 20.8 Å². The largest absolute Gasteiger partial charge is 0.369 e. The standard InChI is InChI=1S/C11H24N2O2.ClH/c1-5-11(6-2,8-12)13-10(14)9(4)15-7-3;/h9H,5-8,12H2,1-4H3,(H,13,14);1H. The van der Waals surface area contributed by atoms with Crippen LogP contribution in [0.3, 0.4) is 0 Å². The molecule has 0 aromatic heterocycles. The molecule has 0 aromatic rings. The van der Waals surface area contributed by atoms with Crippen LogP contribution >= 0.6 is 12.4 Å². The zero-order chi connectivity index (χ0) is 11.9. The van der Waals surface area contributed by atoms with Crippen molar-refractivity contribution in [1.29, 1.82) is 0 Å². The van der Waals surface area contributed by atoms with Crippen molar-refractivity contribution in [3.8, 4) is 0 Å². The average Bonchev–Trinajstić information content (AvgIpc) is 2.26. The van der Waals surface area contributed by atoms with E-state index in [-0.39, 0.29) is 23.9 Å². The van der Waals surface area contributed by atoms with Crippen LogP contribution in [0.15, 0.2) is 0 Å². The van der Waals surface area contributed by atoms with Crippen LogP contribution in [0.2, 0.25) is 0 Å². The van der Waals surface area contributed by atoms with E-state index in [0.29, 0.717) is 13.2 Å². The monoisotopic (exact) mass is 252 g/mol. The van der Waals surface area contributed by atoms with Crippen LogP contribution in [0.4, 0.5) is 0 Å². The Morgan fingerprint density at radius 1 is 1.38 bits per heavy atom. The van der Waals surface area contributed by atoms with Gasteiger partial charge in [0.25, 0.3) is 0 Å². The Balaban J connectivity index is 0. The molecule has 1 unspecified atom stereocenters. The molecule has 0 aliphatic rings. The van der Waals surface area contributed by atoms with E-state index in [2.05, 4.69) is 5.32 Å². The molecule has 1 atom stereocenters. The summed E-state index contributed by atoms with van der Waals surface area (Å²) >= 11 is 0. The van der Waals surface area contributed by atoms with Crippen LogP contribution in [0.25, 0.3) is 0 Å². The first-order valence-corrected chi connectivity index (χ1v) is 5.68. The number of hydrogen-bond donors (Lipinski definition) is 2. The highest BCUT2D eigenvalue weighted by Gasteiger charge is 2.28. The predicted molar refractivity (Wildman–Crippen MR) is 68.8 cm³/mol. The average molecular weight is 253 g/mol. The summed E-state index contributed by atoms with van der Waals surface area (Å²) < 4.78 is 5.23. The van der Waals surface area contributed by atoms with Gasteiger partial charge in [-0.3, -0.25) is 4.79 Å². The van der Waals surface area contributed by atoms with E-state index in [1.165, 1.54) is 0 Å². The smallest absolute Gasteiger partial charge is 0.249 e. The van der Waals surface area contributed by atoms with Gasteiger partial charge in [0.1, 0.15) is 6.10 Å². The van der Waals surface area contributed by atoms with E-state index in [1.54, 1.807) is 6.92 Å². The van der Waals surface area contributed by atoms with Crippen LogP contribution in [-0.4, -0.2) is 30.7 Å². The van der Waals surface area contributed by atoms with Crippen molar-refractivity contribution in [2.24, 2.45) is 5.73 Å². The van der Waals surface area contributed by atoms with Gasteiger partial charge in [0.05, 0.1) is 5.54 Å². The number of halogens is 1. The second kappa shape index (κ2) is 8.79. The van der Waals surface area contributed by atoms with Crippen LogP contribution in [-0.2, 0) is 9.53 Å². The molecule has 0 saturated carbocycles. The summed E-state index contributed by atoms with van der Waals surface area (Å²) in [5, 5.41) is 2.98. The summed E-state index contributed by atoms with van der Waals surface area (Å²) in [5.74, 6) is -0.0778. The van der Waals surface area contributed by atoms with Crippen molar-refractivity contribution in [2.45, 2.75) is 52.2 Å². The summed E-state index contributed by atoms with van der Waals surface area (Å²) in [5.41, 5.74) is 5.42. The van der Waals surface area contributed by atoms with Crippen molar-refractivity contribution in [1.82, 2.24) is 5.32 Å². The molecule has 0 rings (SSSR count). The molecule has 0 aliphatic carbocycles. The third-order valence-electron chi connectivity index (χ3n) is 2.92. The Hall–Kier alpha value is -0.320. The molecule has 0 fully saturated rings. The lowest BCUT2D eigenvalue weighted by Crippen LogP contribution is -2.55. The minimum atomic E-state index is -0.404. The van der Waals surface area contributed by atoms with E-state index in [9.17, 15) is 4.79 Å². The Labute approximate surface area is 105 Å². The number of carbonyl (C=O) groups is 1. The molecule has 4 nitrogen and oxygen atoms in total. The topological polar surface area (TPSA) is 64.3 Å². The molecule has 1 amide bonds. The predicted octanol–water partition coefficient (Wildman–Crippen LogP) is 1.47.